The van der Waals surface area contributed by atoms with Gasteiger partial charge in [-0.3, -0.25) is 0 Å². The smallest absolute Gasteiger partial charge is 0.227 e. The summed E-state index contributed by atoms with van der Waals surface area (Å²) in [5.41, 5.74) is 5.55. The topological polar surface area (TPSA) is 64.9 Å². The van der Waals surface area contributed by atoms with E-state index in [9.17, 15) is 0 Å². The van der Waals surface area contributed by atoms with E-state index < -0.39 is 0 Å². The Bertz CT molecular complexity index is 468. The molecule has 2 heterocycles. The monoisotopic (exact) mass is 301 g/mol. The molecule has 2 rings (SSSR count). The maximum atomic E-state index is 5.55. The molecule has 16 heavy (non-hydrogen) atoms. The van der Waals surface area contributed by atoms with Crippen LogP contribution in [0.2, 0.25) is 0 Å². The fourth-order valence-electron chi connectivity index (χ4n) is 1.25. The van der Waals surface area contributed by atoms with Gasteiger partial charge in [-0.1, -0.05) is 12.1 Å². The molecule has 1 unspecified atom stereocenters. The second-order valence-electron chi connectivity index (χ2n) is 3.66. The molecule has 0 amide bonds. The van der Waals surface area contributed by atoms with E-state index in [-0.39, 0.29) is 0 Å². The highest BCUT2D eigenvalue weighted by Gasteiger charge is 2.12. The van der Waals surface area contributed by atoms with Gasteiger partial charge in [0.15, 0.2) is 0 Å². The largest absolute Gasteiger partial charge is 0.339 e. The summed E-state index contributed by atoms with van der Waals surface area (Å²) in [6.45, 7) is 2.69. The first-order valence-corrected chi connectivity index (χ1v) is 6.58. The number of nitrogens with two attached hydrogens (primary N) is 1. The summed E-state index contributed by atoms with van der Waals surface area (Å²) in [5.74, 6) is 1.66. The summed E-state index contributed by atoms with van der Waals surface area (Å²) in [4.78, 5) is 5.34. The van der Waals surface area contributed by atoms with Crippen LogP contribution in [0.3, 0.4) is 0 Å². The molecule has 6 heteroatoms. The summed E-state index contributed by atoms with van der Waals surface area (Å²) >= 11 is 4.99. The molecule has 86 valence electrons. The van der Waals surface area contributed by atoms with Gasteiger partial charge in [-0.2, -0.15) is 4.98 Å². The van der Waals surface area contributed by atoms with E-state index in [0.29, 0.717) is 24.2 Å². The lowest BCUT2D eigenvalue weighted by Gasteiger charge is -2.01. The Kier molecular flexibility index (Phi) is 3.73. The molecule has 0 saturated heterocycles. The molecule has 0 saturated carbocycles. The lowest BCUT2D eigenvalue weighted by atomic mass is 10.1. The molecule has 2 N–H and O–H groups in total. The van der Waals surface area contributed by atoms with Gasteiger partial charge in [0.25, 0.3) is 0 Å². The zero-order chi connectivity index (χ0) is 11.5. The van der Waals surface area contributed by atoms with Crippen LogP contribution in [0.25, 0.3) is 10.7 Å². The Morgan fingerprint density at radius 2 is 2.38 bits per heavy atom. The molecule has 0 aromatic carbocycles. The van der Waals surface area contributed by atoms with E-state index in [2.05, 4.69) is 33.0 Å². The molecule has 0 aliphatic rings. The predicted octanol–water partition coefficient (Wildman–Crippen LogP) is 2.70. The van der Waals surface area contributed by atoms with Crippen LogP contribution in [0.1, 0.15) is 12.8 Å². The summed E-state index contributed by atoms with van der Waals surface area (Å²) in [6.07, 6.45) is 0.732. The number of rotatable bonds is 4. The lowest BCUT2D eigenvalue weighted by Crippen LogP contribution is -2.13. The highest BCUT2D eigenvalue weighted by Crippen LogP contribution is 2.29. The van der Waals surface area contributed by atoms with Gasteiger partial charge >= 0.3 is 0 Å². The van der Waals surface area contributed by atoms with Crippen molar-refractivity contribution in [2.24, 2.45) is 11.7 Å². The van der Waals surface area contributed by atoms with Crippen LogP contribution >= 0.6 is 27.3 Å². The van der Waals surface area contributed by atoms with Crippen molar-refractivity contribution in [2.75, 3.05) is 6.54 Å². The average Bonchev–Trinajstić information content (AvgIpc) is 2.87. The van der Waals surface area contributed by atoms with Gasteiger partial charge in [0.2, 0.25) is 11.7 Å². The number of hydrogen-bond acceptors (Lipinski definition) is 5. The highest BCUT2D eigenvalue weighted by molar-refractivity contribution is 9.11. The van der Waals surface area contributed by atoms with Crippen molar-refractivity contribution in [3.05, 3.63) is 21.8 Å². The second kappa shape index (κ2) is 5.07. The van der Waals surface area contributed by atoms with Crippen LogP contribution in [0.5, 0.6) is 0 Å². The summed E-state index contributed by atoms with van der Waals surface area (Å²) < 4.78 is 6.23. The molecule has 0 aliphatic heterocycles. The van der Waals surface area contributed by atoms with Crippen molar-refractivity contribution in [1.29, 1.82) is 0 Å². The first kappa shape index (κ1) is 11.8. The van der Waals surface area contributed by atoms with E-state index in [4.69, 9.17) is 10.3 Å². The maximum Gasteiger partial charge on any atom is 0.227 e. The number of aromatic nitrogens is 2. The van der Waals surface area contributed by atoms with E-state index in [1.807, 2.05) is 12.1 Å². The Morgan fingerprint density at radius 3 is 3.00 bits per heavy atom. The van der Waals surface area contributed by atoms with Crippen molar-refractivity contribution in [2.45, 2.75) is 13.3 Å². The summed E-state index contributed by atoms with van der Waals surface area (Å²) in [7, 11) is 0. The quantitative estimate of drug-likeness (QED) is 0.943. The zero-order valence-corrected chi connectivity index (χ0v) is 11.2. The third-order valence-corrected chi connectivity index (χ3v) is 3.81. The SMILES string of the molecule is CC(CN)Cc1nc(-c2ccc(Br)s2)no1. The number of nitrogens with zero attached hydrogens (tertiary/aromatic N) is 2. The Hall–Kier alpha value is -0.720. The highest BCUT2D eigenvalue weighted by atomic mass is 79.9. The lowest BCUT2D eigenvalue weighted by molar-refractivity contribution is 0.360. The minimum Gasteiger partial charge on any atom is -0.339 e. The van der Waals surface area contributed by atoms with Gasteiger partial charge < -0.3 is 10.3 Å². The van der Waals surface area contributed by atoms with Gasteiger partial charge in [0.05, 0.1) is 8.66 Å². The Labute approximate surface area is 106 Å². The molecule has 0 aliphatic carbocycles. The van der Waals surface area contributed by atoms with Crippen LogP contribution in [0.15, 0.2) is 20.4 Å². The summed E-state index contributed by atoms with van der Waals surface area (Å²) in [6, 6.07) is 3.94. The zero-order valence-electron chi connectivity index (χ0n) is 8.81. The van der Waals surface area contributed by atoms with Crippen LogP contribution in [-0.2, 0) is 6.42 Å². The molecule has 0 spiro atoms. The Balaban J connectivity index is 2.13. The van der Waals surface area contributed by atoms with Crippen LogP contribution in [0.4, 0.5) is 0 Å². The molecular weight excluding hydrogens is 290 g/mol. The third kappa shape index (κ3) is 2.69. The van der Waals surface area contributed by atoms with Gasteiger partial charge in [-0.15, -0.1) is 11.3 Å². The van der Waals surface area contributed by atoms with Crippen molar-refractivity contribution < 1.29 is 4.52 Å². The van der Waals surface area contributed by atoms with Crippen molar-refractivity contribution in [3.63, 3.8) is 0 Å². The van der Waals surface area contributed by atoms with E-state index in [0.717, 1.165) is 15.1 Å². The van der Waals surface area contributed by atoms with Gasteiger partial charge in [0.1, 0.15) is 0 Å². The third-order valence-electron chi connectivity index (χ3n) is 2.19. The van der Waals surface area contributed by atoms with Crippen molar-refractivity contribution >= 4 is 27.3 Å². The second-order valence-corrected chi connectivity index (χ2v) is 6.12. The first-order chi connectivity index (χ1) is 7.69. The molecule has 2 aromatic rings. The minimum absolute atomic E-state index is 0.364. The minimum atomic E-state index is 0.364. The van der Waals surface area contributed by atoms with E-state index in [1.165, 1.54) is 0 Å². The molecule has 2 aromatic heterocycles. The van der Waals surface area contributed by atoms with E-state index in [1.54, 1.807) is 11.3 Å². The fraction of sp³-hybridized carbons (Fsp3) is 0.400. The van der Waals surface area contributed by atoms with Crippen LogP contribution < -0.4 is 5.73 Å². The number of halogens is 1. The molecule has 0 bridgehead atoms. The molecular formula is C10H12BrN3OS. The first-order valence-electron chi connectivity index (χ1n) is 4.97. The molecule has 1 atom stereocenters. The predicted molar refractivity (Wildman–Crippen MR) is 67.2 cm³/mol. The molecule has 0 fully saturated rings. The number of thiophene rings is 1. The van der Waals surface area contributed by atoms with Gasteiger partial charge in [-0.05, 0) is 40.5 Å². The van der Waals surface area contributed by atoms with Gasteiger partial charge in [-0.25, -0.2) is 0 Å². The van der Waals surface area contributed by atoms with E-state index >= 15 is 0 Å². The van der Waals surface area contributed by atoms with Gasteiger partial charge in [0, 0.05) is 6.42 Å². The maximum absolute atomic E-state index is 5.55. The fourth-order valence-corrected chi connectivity index (χ4v) is 2.57. The number of hydrogen-bond donors (Lipinski definition) is 1. The van der Waals surface area contributed by atoms with Crippen molar-refractivity contribution in [1.82, 2.24) is 10.1 Å². The normalized spacial score (nSPS) is 12.9. The molecule has 0 radical (unpaired) electrons. The van der Waals surface area contributed by atoms with Crippen LogP contribution in [0, 0.1) is 5.92 Å². The van der Waals surface area contributed by atoms with Crippen LogP contribution in [-0.4, -0.2) is 16.7 Å². The Morgan fingerprint density at radius 1 is 1.56 bits per heavy atom. The standard InChI is InChI=1S/C10H12BrN3OS/c1-6(5-12)4-9-13-10(14-15-9)7-2-3-8(11)16-7/h2-3,6H,4-5,12H2,1H3. The summed E-state index contributed by atoms with van der Waals surface area (Å²) in [5, 5.41) is 3.95. The average molecular weight is 302 g/mol. The molecule has 4 nitrogen and oxygen atoms in total. The van der Waals surface area contributed by atoms with Crippen molar-refractivity contribution in [3.8, 4) is 10.7 Å².